The third kappa shape index (κ3) is 42.2. The largest absolute Gasteiger partial charge is 0.477 e. The summed E-state index contributed by atoms with van der Waals surface area (Å²) in [6.07, 6.45) is 42.2. The minimum Gasteiger partial charge on any atom is -0.477 e. The Bertz CT molecular complexity index is 2220. The minimum absolute atomic E-state index is 0.203. The topological polar surface area (TPSA) is 373 Å². The number of amides is 2. The molecule has 3 aliphatic heterocycles. The van der Waals surface area contributed by atoms with Crippen LogP contribution in [0.2, 0.25) is 0 Å². The summed E-state index contributed by atoms with van der Waals surface area (Å²) in [6.45, 7) is 2.20. The number of carbonyl (C=O) groups excluding carboxylic acids is 2. The van der Waals surface area contributed by atoms with Gasteiger partial charge in [-0.3, -0.25) is 9.59 Å². The number of hydrogen-bond donors (Lipinski definition) is 14. The van der Waals surface area contributed by atoms with Gasteiger partial charge < -0.3 is 100 Å². The Hall–Kier alpha value is -2.79. The highest BCUT2D eigenvalue weighted by Crippen LogP contribution is 2.39. The lowest BCUT2D eigenvalue weighted by atomic mass is 9.88. The first kappa shape index (κ1) is 98.4. The zero-order chi connectivity index (χ0) is 78.1. The average Bonchev–Trinajstić information content (AvgIpc) is 0.752. The second-order valence-corrected chi connectivity index (χ2v) is 31.4. The molecule has 3 rings (SSSR count). The molecule has 3 saturated heterocycles. The van der Waals surface area contributed by atoms with Crippen LogP contribution >= 0.6 is 0 Å². The van der Waals surface area contributed by atoms with E-state index in [1.54, 1.807) is 6.08 Å². The molecule has 0 aliphatic carbocycles. The van der Waals surface area contributed by atoms with Crippen LogP contribution < -0.4 is 10.6 Å². The van der Waals surface area contributed by atoms with Gasteiger partial charge in [-0.05, 0) is 44.9 Å². The van der Waals surface area contributed by atoms with Crippen LogP contribution in [0.4, 0.5) is 0 Å². The van der Waals surface area contributed by atoms with Crippen LogP contribution in [-0.2, 0) is 42.8 Å². The van der Waals surface area contributed by atoms with Crippen LogP contribution in [0, 0.1) is 0 Å². The van der Waals surface area contributed by atoms with E-state index in [2.05, 4.69) is 36.6 Å². The number of carboxylic acids is 1. The Kier molecular flexibility index (Phi) is 57.6. The molecule has 0 bridgehead atoms. The van der Waals surface area contributed by atoms with Crippen molar-refractivity contribution in [3.05, 3.63) is 24.3 Å². The molecule has 23 nitrogen and oxygen atoms in total. The number of aliphatic carboxylic acids is 1. The van der Waals surface area contributed by atoms with E-state index < -0.39 is 155 Å². The van der Waals surface area contributed by atoms with Crippen molar-refractivity contribution in [3.8, 4) is 0 Å². The molecule has 0 aromatic carbocycles. The molecule has 0 spiro atoms. The third-order valence-electron chi connectivity index (χ3n) is 21.9. The van der Waals surface area contributed by atoms with Crippen LogP contribution in [0.3, 0.4) is 0 Å². The van der Waals surface area contributed by atoms with E-state index >= 15 is 0 Å². The molecule has 2 amide bonds. The lowest BCUT2D eigenvalue weighted by Crippen LogP contribution is -2.70. The van der Waals surface area contributed by atoms with Gasteiger partial charge in [-0.25, -0.2) is 4.79 Å². The number of aliphatic hydroxyl groups is 11. The second-order valence-electron chi connectivity index (χ2n) is 31.4. The number of allylic oxidation sites excluding steroid dienone is 3. The predicted molar refractivity (Wildman–Crippen MR) is 417 cm³/mol. The van der Waals surface area contributed by atoms with Gasteiger partial charge in [0.25, 0.3) is 5.79 Å². The fourth-order valence-corrected chi connectivity index (χ4v) is 15.1. The normalized spacial score (nSPS) is 26.1. The number of hydrogen-bond acceptors (Lipinski definition) is 20. The first-order valence-corrected chi connectivity index (χ1v) is 43.2. The van der Waals surface area contributed by atoms with E-state index in [-0.39, 0.29) is 12.3 Å². The highest BCUT2D eigenvalue weighted by Gasteiger charge is 2.60. The lowest BCUT2D eigenvalue weighted by Gasteiger charge is -2.50. The van der Waals surface area contributed by atoms with Crippen LogP contribution in [0.25, 0.3) is 0 Å². The lowest BCUT2D eigenvalue weighted by molar-refractivity contribution is -0.386. The smallest absolute Gasteiger partial charge is 0.364 e. The highest BCUT2D eigenvalue weighted by atomic mass is 16.8. The zero-order valence-corrected chi connectivity index (χ0v) is 66.8. The van der Waals surface area contributed by atoms with Crippen molar-refractivity contribution in [2.75, 3.05) is 26.4 Å². The summed E-state index contributed by atoms with van der Waals surface area (Å²) in [7, 11) is 0. The number of ether oxygens (including phenoxy) is 6. The standard InChI is InChI=1S/C84H156N2O21/c1-4-6-8-10-12-14-16-18-20-22-24-26-28-29-30-31-32-33-34-35-36-38-40-42-44-46-48-50-52-54-56-58-71(94)86-65(66(91)57-55-53-51-49-47-45-43-41-39-37-27-25-23-21-19-17-15-13-11-9-7-5-2)63-102-81-76(98)75(97)78(70(62-89)104-81)105-82-77(99)80(74(96)69(61-88)103-82)107-84(83(100)101)59-67(92)72(85-64(3)90)79(106-84)73(95)68(93)60-87/h29-30,55,57,65-70,72-82,87-89,91-93,95-99H,4-28,31-54,56,58-63H2,1-3H3,(H,85,90)(H,86,94)(H,100,101)/b30-29-,57-55+. The van der Waals surface area contributed by atoms with Crippen LogP contribution in [0.5, 0.6) is 0 Å². The molecule has 0 radical (unpaired) electrons. The average molecular weight is 1530 g/mol. The first-order chi connectivity index (χ1) is 51.9. The first-order valence-electron chi connectivity index (χ1n) is 43.2. The van der Waals surface area contributed by atoms with Gasteiger partial charge in [0.1, 0.15) is 67.1 Å². The van der Waals surface area contributed by atoms with Crippen molar-refractivity contribution in [2.45, 2.75) is 464 Å². The van der Waals surface area contributed by atoms with Gasteiger partial charge in [0.05, 0.1) is 50.7 Å². The van der Waals surface area contributed by atoms with E-state index in [1.165, 1.54) is 263 Å². The molecule has 14 N–H and O–H groups in total. The Balaban J connectivity index is 1.48. The molecule has 3 fully saturated rings. The number of carboxylic acid groups (broad SMARTS) is 1. The van der Waals surface area contributed by atoms with Crippen molar-refractivity contribution in [1.29, 1.82) is 0 Å². The van der Waals surface area contributed by atoms with Crippen molar-refractivity contribution < 1.29 is 104 Å². The summed E-state index contributed by atoms with van der Waals surface area (Å²) >= 11 is 0. The van der Waals surface area contributed by atoms with Gasteiger partial charge in [-0.15, -0.1) is 0 Å². The third-order valence-corrected chi connectivity index (χ3v) is 21.9. The molecular formula is C84H156N2O21. The molecule has 18 atom stereocenters. The Labute approximate surface area is 644 Å². The van der Waals surface area contributed by atoms with Gasteiger partial charge in [0, 0.05) is 19.8 Å². The number of unbranched alkanes of at least 4 members (excludes halogenated alkanes) is 47. The SMILES string of the molecule is CCCCCCCCCCCCCC/C=C\CCCCCCCCCCCCCCCCCC(=O)NC(COC1OC(CO)C(OC2OC(CO)C(O)C(OC3(C(=O)O)CC(O)C(NC(C)=O)C(C(O)C(O)CO)O3)C2O)C(O)C1O)C(O)/C=C/CCCCCCCCCCCCCCCCCCCCCC. The maximum absolute atomic E-state index is 13.6. The Morgan fingerprint density at radius 3 is 1.27 bits per heavy atom. The zero-order valence-electron chi connectivity index (χ0n) is 66.8. The maximum Gasteiger partial charge on any atom is 0.364 e. The van der Waals surface area contributed by atoms with Crippen molar-refractivity contribution in [1.82, 2.24) is 10.6 Å². The molecule has 18 unspecified atom stereocenters. The van der Waals surface area contributed by atoms with Gasteiger partial charge in [0.2, 0.25) is 11.8 Å². The number of rotatable bonds is 69. The maximum atomic E-state index is 13.6. The van der Waals surface area contributed by atoms with Crippen LogP contribution in [0.1, 0.15) is 355 Å². The van der Waals surface area contributed by atoms with E-state index in [1.807, 2.05) is 6.08 Å². The van der Waals surface area contributed by atoms with Gasteiger partial charge >= 0.3 is 5.97 Å². The summed E-state index contributed by atoms with van der Waals surface area (Å²) in [5, 5.41) is 137. The van der Waals surface area contributed by atoms with Crippen molar-refractivity contribution >= 4 is 17.8 Å². The second kappa shape index (κ2) is 62.6. The number of aliphatic hydroxyl groups excluding tert-OH is 11. The molecule has 107 heavy (non-hydrogen) atoms. The number of carbonyl (C=O) groups is 3. The minimum atomic E-state index is -3.08. The van der Waals surface area contributed by atoms with E-state index in [4.69, 9.17) is 28.4 Å². The molecule has 0 saturated carbocycles. The van der Waals surface area contributed by atoms with Gasteiger partial charge in [-0.1, -0.05) is 314 Å². The molecule has 3 heterocycles. The molecular weight excluding hydrogens is 1370 g/mol. The summed E-state index contributed by atoms with van der Waals surface area (Å²) in [5.74, 6) is -6.13. The monoisotopic (exact) mass is 1530 g/mol. The molecule has 23 heteroatoms. The molecule has 0 aromatic heterocycles. The Morgan fingerprint density at radius 1 is 0.486 bits per heavy atom. The number of nitrogens with one attached hydrogen (secondary N) is 2. The van der Waals surface area contributed by atoms with Crippen LogP contribution in [-0.4, -0.2) is 215 Å². The van der Waals surface area contributed by atoms with E-state index in [0.717, 1.165) is 51.9 Å². The fraction of sp³-hybridized carbons (Fsp3) is 0.917. The summed E-state index contributed by atoms with van der Waals surface area (Å²) in [5.41, 5.74) is 0. The molecule has 0 aromatic rings. The fourth-order valence-electron chi connectivity index (χ4n) is 15.1. The summed E-state index contributed by atoms with van der Waals surface area (Å²) < 4.78 is 35.0. The molecule has 3 aliphatic rings. The summed E-state index contributed by atoms with van der Waals surface area (Å²) in [4.78, 5) is 38.7. The highest BCUT2D eigenvalue weighted by molar-refractivity contribution is 5.77. The van der Waals surface area contributed by atoms with Crippen LogP contribution in [0.15, 0.2) is 24.3 Å². The Morgan fingerprint density at radius 2 is 0.879 bits per heavy atom. The van der Waals surface area contributed by atoms with E-state index in [9.17, 15) is 75.7 Å². The predicted octanol–water partition coefficient (Wildman–Crippen LogP) is 12.7. The molecule has 628 valence electrons. The van der Waals surface area contributed by atoms with Gasteiger partial charge in [0.15, 0.2) is 12.6 Å². The van der Waals surface area contributed by atoms with E-state index in [0.29, 0.717) is 12.8 Å². The quantitative estimate of drug-likeness (QED) is 0.0199. The van der Waals surface area contributed by atoms with Crippen molar-refractivity contribution in [2.24, 2.45) is 0 Å². The summed E-state index contributed by atoms with van der Waals surface area (Å²) in [6, 6.07) is -2.62. The van der Waals surface area contributed by atoms with Gasteiger partial charge in [-0.2, -0.15) is 0 Å². The van der Waals surface area contributed by atoms with Crippen molar-refractivity contribution in [3.63, 3.8) is 0 Å².